The standard InChI is InChI=1S/C83H162O17P2/c1-7-10-12-14-16-18-19-20-21-27-30-36-42-48-54-60-66-81(86)94-72-79(100-82(87)67-61-55-49-43-37-31-28-25-23-22-24-26-29-35-41-46-52-58-64-76(6)9-3)74-98-102(91,92)96-70-77(84)69-95-101(89,90)97-73-78(71-93-80(85)65-59-53-47-39-17-15-13-11-8-2)99-83(88)68-62-56-50-44-38-33-32-34-40-45-51-57-63-75(4)5/h75-79,84H,7-74H2,1-6H3,(H,89,90)(H,91,92)/t76?,77-,78+,79+/m0/s1. The van der Waals surface area contributed by atoms with Gasteiger partial charge >= 0.3 is 39.5 Å². The van der Waals surface area contributed by atoms with Gasteiger partial charge in [0.2, 0.25) is 0 Å². The number of unbranched alkanes of at least 4 members (excludes halogenated alkanes) is 51. The Bertz CT molecular complexity index is 1960. The molecule has 0 bridgehead atoms. The minimum Gasteiger partial charge on any atom is -0.462 e. The van der Waals surface area contributed by atoms with E-state index in [0.29, 0.717) is 25.7 Å². The number of aliphatic hydroxyl groups is 1. The third-order valence-corrected chi connectivity index (χ3v) is 21.7. The van der Waals surface area contributed by atoms with Crippen LogP contribution in [0.25, 0.3) is 0 Å². The van der Waals surface area contributed by atoms with Crippen molar-refractivity contribution >= 4 is 39.5 Å². The predicted molar refractivity (Wildman–Crippen MR) is 418 cm³/mol. The van der Waals surface area contributed by atoms with Crippen LogP contribution < -0.4 is 0 Å². The van der Waals surface area contributed by atoms with Crippen LogP contribution in [-0.2, 0) is 65.4 Å². The van der Waals surface area contributed by atoms with Gasteiger partial charge in [-0.15, -0.1) is 0 Å². The fourth-order valence-corrected chi connectivity index (χ4v) is 14.4. The first-order valence-electron chi connectivity index (χ1n) is 43.0. The largest absolute Gasteiger partial charge is 0.472 e. The maximum atomic E-state index is 13.1. The first kappa shape index (κ1) is 100. The highest BCUT2D eigenvalue weighted by atomic mass is 31.2. The molecule has 0 radical (unpaired) electrons. The van der Waals surface area contributed by atoms with Crippen LogP contribution in [0.2, 0.25) is 0 Å². The van der Waals surface area contributed by atoms with Crippen LogP contribution in [0.3, 0.4) is 0 Å². The predicted octanol–water partition coefficient (Wildman–Crippen LogP) is 25.1. The Labute approximate surface area is 626 Å². The lowest BCUT2D eigenvalue weighted by atomic mass is 9.99. The summed E-state index contributed by atoms with van der Waals surface area (Å²) in [6, 6.07) is 0. The van der Waals surface area contributed by atoms with Crippen LogP contribution >= 0.6 is 15.6 Å². The summed E-state index contributed by atoms with van der Waals surface area (Å²) in [5, 5.41) is 10.6. The Morgan fingerprint density at radius 1 is 0.284 bits per heavy atom. The van der Waals surface area contributed by atoms with Crippen molar-refractivity contribution in [3.8, 4) is 0 Å². The van der Waals surface area contributed by atoms with E-state index in [1.165, 1.54) is 257 Å². The minimum atomic E-state index is -4.96. The van der Waals surface area contributed by atoms with E-state index >= 15 is 0 Å². The zero-order valence-electron chi connectivity index (χ0n) is 66.9. The van der Waals surface area contributed by atoms with Crippen molar-refractivity contribution in [3.05, 3.63) is 0 Å². The van der Waals surface area contributed by atoms with E-state index in [2.05, 4.69) is 41.5 Å². The zero-order chi connectivity index (χ0) is 74.9. The number of phosphoric ester groups is 2. The lowest BCUT2D eigenvalue weighted by Gasteiger charge is -2.21. The van der Waals surface area contributed by atoms with E-state index in [4.69, 9.17) is 37.0 Å². The highest BCUT2D eigenvalue weighted by Crippen LogP contribution is 2.45. The van der Waals surface area contributed by atoms with Gasteiger partial charge in [0.15, 0.2) is 12.2 Å². The lowest BCUT2D eigenvalue weighted by molar-refractivity contribution is -0.161. The molecule has 0 saturated heterocycles. The molecule has 0 aromatic rings. The SMILES string of the molecule is CCCCCCCCCCCCCCCCCCC(=O)OC[C@H](COP(=O)(O)OC[C@@H](O)COP(=O)(O)OC[C@@H](COC(=O)CCCCCCCCCCC)OC(=O)CCCCCCCCCCCCCCC(C)C)OC(=O)CCCCCCCCCCCCCCCCCCCCC(C)CC. The summed E-state index contributed by atoms with van der Waals surface area (Å²) < 4.78 is 68.7. The summed E-state index contributed by atoms with van der Waals surface area (Å²) >= 11 is 0. The molecule has 0 rings (SSSR count). The summed E-state index contributed by atoms with van der Waals surface area (Å²) in [6.45, 7) is 9.71. The molecule has 3 N–H and O–H groups in total. The molecule has 0 spiro atoms. The lowest BCUT2D eigenvalue weighted by Crippen LogP contribution is -2.30. The van der Waals surface area contributed by atoms with Gasteiger partial charge in [-0.05, 0) is 37.5 Å². The molecule has 19 heteroatoms. The van der Waals surface area contributed by atoms with Gasteiger partial charge < -0.3 is 33.8 Å². The van der Waals surface area contributed by atoms with E-state index in [-0.39, 0.29) is 25.7 Å². The van der Waals surface area contributed by atoms with Gasteiger partial charge in [-0.25, -0.2) is 9.13 Å². The van der Waals surface area contributed by atoms with Crippen molar-refractivity contribution in [1.82, 2.24) is 0 Å². The Balaban J connectivity index is 5.20. The summed E-state index contributed by atoms with van der Waals surface area (Å²) in [5.41, 5.74) is 0. The van der Waals surface area contributed by atoms with Gasteiger partial charge in [0, 0.05) is 25.7 Å². The molecule has 0 aliphatic rings. The molecule has 0 amide bonds. The maximum Gasteiger partial charge on any atom is 0.472 e. The molecule has 606 valence electrons. The molecule has 0 aliphatic carbocycles. The molecule has 6 atom stereocenters. The Morgan fingerprint density at radius 3 is 0.745 bits per heavy atom. The van der Waals surface area contributed by atoms with Crippen LogP contribution in [0.15, 0.2) is 0 Å². The summed E-state index contributed by atoms with van der Waals surface area (Å²) in [4.78, 5) is 73.0. The van der Waals surface area contributed by atoms with Gasteiger partial charge in [0.25, 0.3) is 0 Å². The molecule has 102 heavy (non-hydrogen) atoms. The zero-order valence-corrected chi connectivity index (χ0v) is 68.7. The van der Waals surface area contributed by atoms with Crippen molar-refractivity contribution in [2.24, 2.45) is 11.8 Å². The number of hydrogen-bond acceptors (Lipinski definition) is 15. The number of carbonyl (C=O) groups is 4. The van der Waals surface area contributed by atoms with E-state index < -0.39 is 97.5 Å². The van der Waals surface area contributed by atoms with Crippen LogP contribution in [0, 0.1) is 11.8 Å². The highest BCUT2D eigenvalue weighted by Gasteiger charge is 2.30. The van der Waals surface area contributed by atoms with Crippen LogP contribution in [0.5, 0.6) is 0 Å². The second kappa shape index (κ2) is 74.5. The smallest absolute Gasteiger partial charge is 0.462 e. The summed E-state index contributed by atoms with van der Waals surface area (Å²) in [5.74, 6) is -0.458. The molecule has 0 fully saturated rings. The number of rotatable bonds is 82. The molecule has 0 aromatic carbocycles. The van der Waals surface area contributed by atoms with Crippen molar-refractivity contribution in [3.63, 3.8) is 0 Å². The maximum absolute atomic E-state index is 13.1. The molecule has 0 aliphatic heterocycles. The molecule has 17 nitrogen and oxygen atoms in total. The fourth-order valence-electron chi connectivity index (χ4n) is 12.9. The number of phosphoric acid groups is 2. The highest BCUT2D eigenvalue weighted by molar-refractivity contribution is 7.47. The first-order chi connectivity index (χ1) is 49.4. The molecular weight excluding hydrogens is 1330 g/mol. The monoisotopic (exact) mass is 1490 g/mol. The molecule has 0 heterocycles. The Kier molecular flexibility index (Phi) is 73.1. The molecule has 3 unspecified atom stereocenters. The number of ether oxygens (including phenoxy) is 4. The van der Waals surface area contributed by atoms with E-state index in [1.807, 2.05) is 0 Å². The molecular formula is C83H162O17P2. The third kappa shape index (κ3) is 74.9. The number of carbonyl (C=O) groups excluding carboxylic acids is 4. The van der Waals surface area contributed by atoms with Gasteiger partial charge in [0.05, 0.1) is 26.4 Å². The summed E-state index contributed by atoms with van der Waals surface area (Å²) in [6.07, 6.45) is 65.2. The number of hydrogen-bond donors (Lipinski definition) is 3. The Morgan fingerprint density at radius 2 is 0.500 bits per heavy atom. The van der Waals surface area contributed by atoms with Gasteiger partial charge in [-0.3, -0.25) is 37.3 Å². The normalized spacial score (nSPS) is 14.1. The van der Waals surface area contributed by atoms with E-state index in [0.717, 1.165) is 102 Å². The van der Waals surface area contributed by atoms with Crippen molar-refractivity contribution < 1.29 is 80.2 Å². The van der Waals surface area contributed by atoms with Gasteiger partial charge in [0.1, 0.15) is 19.3 Å². The average molecular weight is 1490 g/mol. The molecule has 0 aromatic heterocycles. The Hall–Kier alpha value is -1.94. The van der Waals surface area contributed by atoms with Crippen molar-refractivity contribution in [2.45, 2.75) is 458 Å². The quantitative estimate of drug-likeness (QED) is 0.0222. The summed E-state index contributed by atoms with van der Waals surface area (Å²) in [7, 11) is -9.92. The molecule has 0 saturated carbocycles. The first-order valence-corrected chi connectivity index (χ1v) is 46.0. The topological polar surface area (TPSA) is 237 Å². The number of aliphatic hydroxyl groups excluding tert-OH is 1. The van der Waals surface area contributed by atoms with Crippen LogP contribution in [-0.4, -0.2) is 96.7 Å². The second-order valence-electron chi connectivity index (χ2n) is 30.6. The van der Waals surface area contributed by atoms with E-state index in [1.54, 1.807) is 0 Å². The number of esters is 4. The van der Waals surface area contributed by atoms with Gasteiger partial charge in [-0.1, -0.05) is 388 Å². The van der Waals surface area contributed by atoms with E-state index in [9.17, 15) is 43.2 Å². The van der Waals surface area contributed by atoms with Gasteiger partial charge in [-0.2, -0.15) is 0 Å². The second-order valence-corrected chi connectivity index (χ2v) is 33.5. The average Bonchev–Trinajstić information content (AvgIpc) is 0.918. The van der Waals surface area contributed by atoms with Crippen molar-refractivity contribution in [1.29, 1.82) is 0 Å². The fraction of sp³-hybridized carbons (Fsp3) is 0.952. The minimum absolute atomic E-state index is 0.107. The third-order valence-electron chi connectivity index (χ3n) is 19.8. The van der Waals surface area contributed by atoms with Crippen LogP contribution in [0.1, 0.15) is 440 Å². The van der Waals surface area contributed by atoms with Crippen LogP contribution in [0.4, 0.5) is 0 Å². The van der Waals surface area contributed by atoms with Crippen molar-refractivity contribution in [2.75, 3.05) is 39.6 Å².